The van der Waals surface area contributed by atoms with Crippen molar-refractivity contribution in [1.29, 1.82) is 0 Å². The fourth-order valence-corrected chi connectivity index (χ4v) is 2.75. The molecule has 0 bridgehead atoms. The maximum absolute atomic E-state index is 6.01. The van der Waals surface area contributed by atoms with Crippen molar-refractivity contribution < 1.29 is 4.74 Å². The monoisotopic (exact) mass is 265 g/mol. The van der Waals surface area contributed by atoms with Crippen LogP contribution in [-0.2, 0) is 0 Å². The summed E-state index contributed by atoms with van der Waals surface area (Å²) in [5.74, 6) is 0.855. The number of hydrogen-bond acceptors (Lipinski definition) is 2. The summed E-state index contributed by atoms with van der Waals surface area (Å²) in [7, 11) is 3.69. The lowest BCUT2D eigenvalue weighted by molar-refractivity contribution is 0.404. The van der Waals surface area contributed by atoms with Crippen LogP contribution >= 0.6 is 11.6 Å². The van der Waals surface area contributed by atoms with E-state index in [-0.39, 0.29) is 6.04 Å². The molecule has 0 aromatic heterocycles. The Balaban J connectivity index is 2.34. The normalized spacial score (nSPS) is 17.2. The Kier molecular flexibility index (Phi) is 4.67. The van der Waals surface area contributed by atoms with Gasteiger partial charge >= 0.3 is 0 Å². The van der Waals surface area contributed by atoms with E-state index in [1.54, 1.807) is 7.11 Å². The fourth-order valence-electron chi connectivity index (χ4n) is 2.59. The van der Waals surface area contributed by atoms with Gasteiger partial charge in [-0.15, -0.1) is 0 Å². The van der Waals surface area contributed by atoms with Gasteiger partial charge in [0.1, 0.15) is 5.75 Å². The molecule has 0 spiro atoms. The van der Waals surface area contributed by atoms with Crippen LogP contribution in [0.4, 0.5) is 0 Å². The third-order valence-electron chi connectivity index (χ3n) is 3.49. The molecule has 1 aromatic carbocycles. The molecule has 1 aromatic rings. The zero-order chi connectivity index (χ0) is 13.0. The fraction of sp³-hybridized carbons (Fsp3) is 0.467. The molecule has 0 fully saturated rings. The van der Waals surface area contributed by atoms with E-state index in [0.29, 0.717) is 5.02 Å². The van der Waals surface area contributed by atoms with Crippen LogP contribution in [0.5, 0.6) is 5.75 Å². The molecule has 98 valence electrons. The summed E-state index contributed by atoms with van der Waals surface area (Å²) in [6.45, 7) is 0. The smallest absolute Gasteiger partial charge is 0.125 e. The van der Waals surface area contributed by atoms with Crippen molar-refractivity contribution in [2.45, 2.75) is 31.7 Å². The molecule has 2 rings (SSSR count). The maximum Gasteiger partial charge on any atom is 0.125 e. The number of rotatable bonds is 4. The quantitative estimate of drug-likeness (QED) is 0.828. The number of allylic oxidation sites excluding steroid dienone is 1. The molecule has 0 heterocycles. The SMILES string of the molecule is CNC(C1=CCCCC1)c1ccc(Cl)cc1OC. The average Bonchev–Trinajstić information content (AvgIpc) is 2.42. The van der Waals surface area contributed by atoms with Crippen LogP contribution in [0.2, 0.25) is 5.02 Å². The lowest BCUT2D eigenvalue weighted by Crippen LogP contribution is -2.20. The summed E-state index contributed by atoms with van der Waals surface area (Å²) in [6, 6.07) is 6.09. The highest BCUT2D eigenvalue weighted by atomic mass is 35.5. The minimum Gasteiger partial charge on any atom is -0.496 e. The largest absolute Gasteiger partial charge is 0.496 e. The molecule has 2 nitrogen and oxygen atoms in total. The van der Waals surface area contributed by atoms with Gasteiger partial charge in [-0.2, -0.15) is 0 Å². The standard InChI is InChI=1S/C15H20ClNO/c1-17-15(11-6-4-3-5-7-11)13-9-8-12(16)10-14(13)18-2/h6,8-10,15,17H,3-5,7H2,1-2H3. The Morgan fingerprint density at radius 1 is 1.33 bits per heavy atom. The first-order valence-corrected chi connectivity index (χ1v) is 6.83. The summed E-state index contributed by atoms with van der Waals surface area (Å²) in [6.07, 6.45) is 7.29. The predicted molar refractivity (Wildman–Crippen MR) is 76.4 cm³/mol. The molecule has 0 aliphatic heterocycles. The number of ether oxygens (including phenoxy) is 1. The van der Waals surface area contributed by atoms with E-state index in [1.807, 2.05) is 19.2 Å². The highest BCUT2D eigenvalue weighted by Gasteiger charge is 2.20. The number of nitrogens with one attached hydrogen (secondary N) is 1. The minimum atomic E-state index is 0.234. The van der Waals surface area contributed by atoms with Gasteiger partial charge in [0.15, 0.2) is 0 Å². The lowest BCUT2D eigenvalue weighted by atomic mass is 9.89. The first-order valence-electron chi connectivity index (χ1n) is 6.46. The third kappa shape index (κ3) is 2.88. The molecule has 18 heavy (non-hydrogen) atoms. The minimum absolute atomic E-state index is 0.234. The molecular weight excluding hydrogens is 246 g/mol. The van der Waals surface area contributed by atoms with Gasteiger partial charge in [-0.25, -0.2) is 0 Å². The second-order valence-corrected chi connectivity index (χ2v) is 5.07. The number of hydrogen-bond donors (Lipinski definition) is 1. The van der Waals surface area contributed by atoms with Gasteiger partial charge in [-0.05, 0) is 44.9 Å². The van der Waals surface area contributed by atoms with Gasteiger partial charge in [0.05, 0.1) is 13.2 Å². The molecule has 1 N–H and O–H groups in total. The summed E-state index contributed by atoms with van der Waals surface area (Å²) in [5.41, 5.74) is 2.63. The van der Waals surface area contributed by atoms with Crippen LogP contribution in [0.25, 0.3) is 0 Å². The topological polar surface area (TPSA) is 21.3 Å². The summed E-state index contributed by atoms with van der Waals surface area (Å²) in [5, 5.41) is 4.10. The molecule has 0 radical (unpaired) electrons. The van der Waals surface area contributed by atoms with Gasteiger partial charge in [0.25, 0.3) is 0 Å². The molecule has 1 aliphatic rings. The van der Waals surface area contributed by atoms with Crippen LogP contribution in [0.3, 0.4) is 0 Å². The van der Waals surface area contributed by atoms with Crippen LogP contribution < -0.4 is 10.1 Å². The molecular formula is C15H20ClNO. The highest BCUT2D eigenvalue weighted by molar-refractivity contribution is 6.30. The van der Waals surface area contributed by atoms with Gasteiger partial charge in [0.2, 0.25) is 0 Å². The molecule has 0 amide bonds. The Morgan fingerprint density at radius 3 is 2.78 bits per heavy atom. The average molecular weight is 266 g/mol. The van der Waals surface area contributed by atoms with Crippen molar-refractivity contribution in [3.63, 3.8) is 0 Å². The molecule has 1 atom stereocenters. The van der Waals surface area contributed by atoms with E-state index < -0.39 is 0 Å². The summed E-state index contributed by atoms with van der Waals surface area (Å²) < 4.78 is 5.45. The van der Waals surface area contributed by atoms with Crippen LogP contribution in [-0.4, -0.2) is 14.2 Å². The van der Waals surface area contributed by atoms with E-state index in [0.717, 1.165) is 17.7 Å². The Morgan fingerprint density at radius 2 is 2.17 bits per heavy atom. The third-order valence-corrected chi connectivity index (χ3v) is 3.73. The first-order chi connectivity index (χ1) is 8.76. The highest BCUT2D eigenvalue weighted by Crippen LogP contribution is 2.35. The Bertz CT molecular complexity index is 442. The van der Waals surface area contributed by atoms with E-state index in [4.69, 9.17) is 16.3 Å². The molecule has 3 heteroatoms. The van der Waals surface area contributed by atoms with Crippen molar-refractivity contribution in [3.05, 3.63) is 40.4 Å². The Hall–Kier alpha value is -0.990. The molecule has 0 saturated carbocycles. The van der Waals surface area contributed by atoms with Gasteiger partial charge in [-0.3, -0.25) is 0 Å². The van der Waals surface area contributed by atoms with Gasteiger partial charge < -0.3 is 10.1 Å². The zero-order valence-corrected chi connectivity index (χ0v) is 11.8. The second-order valence-electron chi connectivity index (χ2n) is 4.63. The summed E-state index contributed by atoms with van der Waals surface area (Å²) >= 11 is 6.01. The number of benzene rings is 1. The molecule has 1 unspecified atom stereocenters. The molecule has 1 aliphatic carbocycles. The van der Waals surface area contributed by atoms with Crippen molar-refractivity contribution in [2.75, 3.05) is 14.2 Å². The Labute approximate surface area is 114 Å². The van der Waals surface area contributed by atoms with E-state index in [1.165, 1.54) is 24.8 Å². The van der Waals surface area contributed by atoms with Crippen LogP contribution in [0.1, 0.15) is 37.3 Å². The maximum atomic E-state index is 6.01. The van der Waals surface area contributed by atoms with Crippen molar-refractivity contribution >= 4 is 11.6 Å². The van der Waals surface area contributed by atoms with E-state index >= 15 is 0 Å². The van der Waals surface area contributed by atoms with Gasteiger partial charge in [-0.1, -0.05) is 29.3 Å². The summed E-state index contributed by atoms with van der Waals surface area (Å²) in [4.78, 5) is 0. The van der Waals surface area contributed by atoms with E-state index in [9.17, 15) is 0 Å². The van der Waals surface area contributed by atoms with Gasteiger partial charge in [0, 0.05) is 10.6 Å². The van der Waals surface area contributed by atoms with Crippen molar-refractivity contribution in [3.8, 4) is 5.75 Å². The first kappa shape index (κ1) is 13.4. The number of methoxy groups -OCH3 is 1. The lowest BCUT2D eigenvalue weighted by Gasteiger charge is -2.25. The zero-order valence-electron chi connectivity index (χ0n) is 11.0. The number of likely N-dealkylation sites (N-methyl/N-ethyl adjacent to an activating group) is 1. The van der Waals surface area contributed by atoms with Crippen molar-refractivity contribution in [2.24, 2.45) is 0 Å². The second kappa shape index (κ2) is 6.26. The van der Waals surface area contributed by atoms with Crippen molar-refractivity contribution in [1.82, 2.24) is 5.32 Å². The van der Waals surface area contributed by atoms with Crippen LogP contribution in [0.15, 0.2) is 29.8 Å². The molecule has 0 saturated heterocycles. The predicted octanol–water partition coefficient (Wildman–Crippen LogP) is 4.11. The van der Waals surface area contributed by atoms with E-state index in [2.05, 4.69) is 17.5 Å². The number of halogens is 1. The van der Waals surface area contributed by atoms with Crippen LogP contribution in [0, 0.1) is 0 Å².